The van der Waals surface area contributed by atoms with Crippen molar-refractivity contribution in [2.75, 3.05) is 76.0 Å². The van der Waals surface area contributed by atoms with Gasteiger partial charge in [0.1, 0.15) is 36.6 Å². The van der Waals surface area contributed by atoms with Crippen LogP contribution in [0.15, 0.2) is 172 Å². The minimum Gasteiger partial charge on any atom is -0.487 e. The number of amides is 3. The fourth-order valence-electron chi connectivity index (χ4n) is 17.9. The van der Waals surface area contributed by atoms with E-state index >= 15 is 0 Å². The van der Waals surface area contributed by atoms with Gasteiger partial charge in [-0.25, -0.2) is 26.3 Å². The van der Waals surface area contributed by atoms with E-state index in [9.17, 15) is 55.1 Å². The maximum Gasteiger partial charge on any atom is 0.277 e. The molecule has 6 aromatic carbocycles. The molecule has 109 heavy (non-hydrogen) atoms. The van der Waals surface area contributed by atoms with Crippen molar-refractivity contribution in [2.24, 2.45) is 5.92 Å². The Balaban J connectivity index is 0.000000130. The van der Waals surface area contributed by atoms with Crippen LogP contribution in [0.25, 0.3) is 12.2 Å². The Hall–Kier alpha value is -11.6. The zero-order chi connectivity index (χ0) is 75.6. The van der Waals surface area contributed by atoms with Gasteiger partial charge in [0, 0.05) is 63.9 Å². The summed E-state index contributed by atoms with van der Waals surface area (Å²) in [6, 6.07) is 35.6. The van der Waals surface area contributed by atoms with Gasteiger partial charge >= 0.3 is 0 Å². The Labute approximate surface area is 625 Å². The van der Waals surface area contributed by atoms with Crippen LogP contribution < -0.4 is 45.5 Å². The lowest BCUT2D eigenvalue weighted by molar-refractivity contribution is 0.0691. The van der Waals surface area contributed by atoms with E-state index in [1.165, 1.54) is 64.4 Å². The summed E-state index contributed by atoms with van der Waals surface area (Å²) in [4.78, 5) is 83.3. The molecule has 0 saturated heterocycles. The van der Waals surface area contributed by atoms with Crippen molar-refractivity contribution in [1.29, 1.82) is 0 Å². The van der Waals surface area contributed by atoms with Gasteiger partial charge in [-0.3, -0.25) is 57.8 Å². The lowest BCUT2D eigenvalue weighted by Gasteiger charge is -2.50. The van der Waals surface area contributed by atoms with Crippen molar-refractivity contribution in [3.8, 4) is 17.2 Å². The number of rotatable bonds is 15. The first-order chi connectivity index (χ1) is 52.1. The molecule has 3 aromatic heterocycles. The van der Waals surface area contributed by atoms with Crippen LogP contribution in [0.3, 0.4) is 0 Å². The van der Waals surface area contributed by atoms with Gasteiger partial charge in [-0.05, 0) is 159 Å². The van der Waals surface area contributed by atoms with Crippen molar-refractivity contribution in [1.82, 2.24) is 28.7 Å². The van der Waals surface area contributed by atoms with E-state index in [2.05, 4.69) is 12.1 Å². The molecule has 0 bridgehead atoms. The van der Waals surface area contributed by atoms with E-state index in [0.29, 0.717) is 66.9 Å². The Bertz CT molecular complexity index is 5430. The third kappa shape index (κ3) is 11.0. The molecule has 6 aliphatic carbocycles. The van der Waals surface area contributed by atoms with Crippen LogP contribution in [-0.4, -0.2) is 107 Å². The van der Waals surface area contributed by atoms with Crippen molar-refractivity contribution in [3.05, 3.63) is 307 Å². The Morgan fingerprint density at radius 3 is 1.30 bits per heavy atom. The number of nitrogens with zero attached hydrogens (tertiary/aromatic N) is 9. The van der Waals surface area contributed by atoms with Crippen molar-refractivity contribution >= 4 is 29.9 Å². The van der Waals surface area contributed by atoms with Crippen LogP contribution in [-0.2, 0) is 42.3 Å². The Morgan fingerprint density at radius 1 is 0.394 bits per heavy atom. The Kier molecular flexibility index (Phi) is 18.7. The number of ether oxygens (including phenoxy) is 3. The molecule has 0 radical (unpaired) electrons. The van der Waals surface area contributed by atoms with Gasteiger partial charge in [0.15, 0.2) is 69.2 Å². The molecule has 3 amide bonds. The normalized spacial score (nSPS) is 20.1. The topological polar surface area (TPSA) is 164 Å². The Morgan fingerprint density at radius 2 is 0.780 bits per heavy atom. The lowest BCUT2D eigenvalue weighted by atomic mass is 9.81. The van der Waals surface area contributed by atoms with E-state index in [1.807, 2.05) is 109 Å². The van der Waals surface area contributed by atoms with Crippen LogP contribution in [0.5, 0.6) is 17.2 Å². The quantitative estimate of drug-likeness (QED) is 0.0706. The number of fused-ring (bicyclic) bond motifs is 18. The van der Waals surface area contributed by atoms with Crippen LogP contribution in [0.1, 0.15) is 165 Å². The van der Waals surface area contributed by atoms with Crippen LogP contribution in [0.4, 0.5) is 26.3 Å². The number of aromatic nitrogens is 3. The molecular formula is C85H81F6N9O9. The summed E-state index contributed by atoms with van der Waals surface area (Å²) in [5.41, 5.74) is 8.36. The second-order valence-electron chi connectivity index (χ2n) is 28.9. The van der Waals surface area contributed by atoms with Crippen LogP contribution in [0, 0.1) is 40.8 Å². The summed E-state index contributed by atoms with van der Waals surface area (Å²) >= 11 is 0. The number of hydrogen-bond acceptors (Lipinski definition) is 12. The zero-order valence-corrected chi connectivity index (χ0v) is 60.4. The molecule has 0 N–H and O–H groups in total. The molecule has 0 fully saturated rings. The monoisotopic (exact) mass is 1490 g/mol. The molecule has 3 aliphatic heterocycles. The molecule has 18 rings (SSSR count). The predicted octanol–water partition coefficient (Wildman–Crippen LogP) is 13.0. The molecule has 6 heterocycles. The summed E-state index contributed by atoms with van der Waals surface area (Å²) in [7, 11) is 5.00. The minimum absolute atomic E-state index is 0. The summed E-state index contributed by atoms with van der Waals surface area (Å²) < 4.78 is 110. The van der Waals surface area contributed by atoms with Gasteiger partial charge in [-0.15, -0.1) is 0 Å². The maximum atomic E-state index is 14.7. The molecule has 18 nitrogen and oxygen atoms in total. The smallest absolute Gasteiger partial charge is 0.277 e. The molecule has 4 atom stereocenters. The van der Waals surface area contributed by atoms with Gasteiger partial charge in [0.25, 0.3) is 17.7 Å². The summed E-state index contributed by atoms with van der Waals surface area (Å²) in [5.74, 6) is -6.40. The lowest BCUT2D eigenvalue weighted by Crippen LogP contribution is -2.62. The number of halogens is 6. The average molecular weight is 1490 g/mol. The first kappa shape index (κ1) is 73.0. The fraction of sp³-hybridized carbons (Fsp3) is 0.318. The number of carbonyl (C=O) groups excluding carboxylic acids is 3. The standard InChI is InChI=1S/C28H27F2N3O3.2C28H25F2N3O3.CH4/c3*1-3-4-11-36-26-24(34)9-10-32-25(26)27(35)31(2)16-33(32)28-19(12-17-7-5-6-8-20(17)28)13-18-14-22(29)23(30)15-21(18)28;/h5-10,14-15,19H,3-4,11-13,16H2,1-2H3;5-10,13-15H,3-4,11-12,16H2,1-2H3;5-10,12,14-15H,3-4,11,13,16H2,1-2H3;1H4. The van der Waals surface area contributed by atoms with Gasteiger partial charge in [-0.1, -0.05) is 132 Å². The summed E-state index contributed by atoms with van der Waals surface area (Å²) in [6.07, 6.45) is 15.9. The molecular weight excluding hydrogens is 1400 g/mol. The minimum atomic E-state index is -0.986. The van der Waals surface area contributed by atoms with Crippen molar-refractivity contribution in [2.45, 2.75) is 109 Å². The van der Waals surface area contributed by atoms with E-state index < -0.39 is 51.5 Å². The van der Waals surface area contributed by atoms with Gasteiger partial charge in [-0.2, -0.15) is 0 Å². The van der Waals surface area contributed by atoms with Gasteiger partial charge in [0.2, 0.25) is 16.3 Å². The molecule has 9 aliphatic rings. The van der Waals surface area contributed by atoms with E-state index in [-0.39, 0.29) is 102 Å². The number of unbranched alkanes of at least 4 members (excludes halogenated alkanes) is 3. The third-order valence-electron chi connectivity index (χ3n) is 22.6. The van der Waals surface area contributed by atoms with Crippen molar-refractivity contribution < 1.29 is 54.9 Å². The van der Waals surface area contributed by atoms with E-state index in [1.54, 1.807) is 58.7 Å². The highest BCUT2D eigenvalue weighted by molar-refractivity contribution is 5.98. The van der Waals surface area contributed by atoms with Crippen LogP contribution in [0.2, 0.25) is 0 Å². The number of hydrogen-bond donors (Lipinski definition) is 0. The second kappa shape index (κ2) is 27.9. The maximum absolute atomic E-state index is 14.7. The molecule has 0 spiro atoms. The fourth-order valence-corrected chi connectivity index (χ4v) is 17.9. The molecule has 4 unspecified atom stereocenters. The summed E-state index contributed by atoms with van der Waals surface area (Å²) in [6.45, 7) is 7.52. The first-order valence-corrected chi connectivity index (χ1v) is 36.5. The zero-order valence-electron chi connectivity index (χ0n) is 60.4. The SMILES string of the molecule is C.CCCCOc1c2n(ccc1=O)N(C13C(=Cc4cc(F)c(F)cc41)Cc1ccccc13)CN(C)C2=O.CCCCOc1c2n(ccc1=O)N(C13C(=Cc4ccccc41)Cc1cc(F)c(F)cc13)CN(C)C2=O.CCCCOc1c2n(ccc1=O)N(C13c4ccccc4CC1Cc1cc(F)c(F)cc13)CN(C)C2=O. The van der Waals surface area contributed by atoms with Crippen LogP contribution >= 0.6 is 0 Å². The molecule has 9 aromatic rings. The number of benzene rings is 6. The largest absolute Gasteiger partial charge is 0.487 e. The predicted molar refractivity (Wildman–Crippen MR) is 401 cm³/mol. The van der Waals surface area contributed by atoms with E-state index in [0.717, 1.165) is 95.0 Å². The molecule has 24 heteroatoms. The summed E-state index contributed by atoms with van der Waals surface area (Å²) in [5, 5.41) is 5.93. The average Bonchev–Trinajstić information content (AvgIpc) is 1.55. The first-order valence-electron chi connectivity index (χ1n) is 36.5. The van der Waals surface area contributed by atoms with Gasteiger partial charge in [0.05, 0.1) is 19.8 Å². The van der Waals surface area contributed by atoms with Crippen molar-refractivity contribution in [3.63, 3.8) is 0 Å². The highest BCUT2D eigenvalue weighted by atomic mass is 19.2. The van der Waals surface area contributed by atoms with E-state index in [4.69, 9.17) is 14.2 Å². The number of pyridine rings is 3. The molecule has 562 valence electrons. The number of carbonyl (C=O) groups is 3. The highest BCUT2D eigenvalue weighted by Gasteiger charge is 2.61. The second-order valence-corrected chi connectivity index (χ2v) is 28.9. The highest BCUT2D eigenvalue weighted by Crippen LogP contribution is 2.60. The van der Waals surface area contributed by atoms with Gasteiger partial charge < -0.3 is 28.9 Å². The third-order valence-corrected chi connectivity index (χ3v) is 22.6. The molecule has 0 saturated carbocycles.